The van der Waals surface area contributed by atoms with Gasteiger partial charge in [-0.15, -0.1) is 6.58 Å². The number of anilines is 5. The number of carbonyl (C=O) groups excluding carboxylic acids is 2. The van der Waals surface area contributed by atoms with Gasteiger partial charge < -0.3 is 29.5 Å². The molecule has 13 aromatic carbocycles. The van der Waals surface area contributed by atoms with Crippen molar-refractivity contribution in [3.63, 3.8) is 0 Å². The van der Waals surface area contributed by atoms with Crippen LogP contribution in [-0.2, 0) is 7.05 Å². The Morgan fingerprint density at radius 1 is 0.372 bits per heavy atom. The lowest BCUT2D eigenvalue weighted by Gasteiger charge is -2.32. The number of aryl methyl sites for hydroxylation is 1. The van der Waals surface area contributed by atoms with Crippen molar-refractivity contribution in [2.24, 2.45) is 7.05 Å². The monoisotopic (exact) mass is 1890 g/mol. The number of nitriles is 3. The third kappa shape index (κ3) is 19.8. The highest BCUT2D eigenvalue weighted by atomic mass is 16.6. The molecule has 0 fully saturated rings. The number of hydrogen-bond donors (Lipinski definition) is 1. The summed E-state index contributed by atoms with van der Waals surface area (Å²) in [7, 11) is 2.10. The molecule has 0 bridgehead atoms. The highest BCUT2D eigenvalue weighted by molar-refractivity contribution is 6.02. The number of hydrogen-bond acceptors (Lipinski definition) is 18. The lowest BCUT2D eigenvalue weighted by molar-refractivity contribution is -0.481. The molecular weight excluding hydrogens is 1790 g/mol. The fourth-order valence-electron chi connectivity index (χ4n) is 19.8. The standard InChI is InChI=1S/C27H21N3O3.C27H19N3O.C26H20N4.C23H21N3.C22H17N3/c31-27(20-9-2-1-3-10-20)18-29-16-23(25-15-14-19-8-4-6-12-24(19)28-25)22(17-30(32)33)21-11-5-7-13-26(21)29;28-16-22-21-11-5-7-13-26(21)30(18-27(31)20-9-2-1-3-10-20)17-23(22)25-15-14-19-8-4-6-12-24(19)29-25;1-30-24-13-7-6-12-23(24)29-26(30)25-18-9-3-5-11-21(18)27-16-19(25)22-15-14-17-8-2-4-10-20(17)28-22;1-2-3-14-26-16-20(19(15-24)18-9-5-7-11-23(18)26)22-13-12-17-8-4-6-10-21(17)25-22;1-2-13-25-15-19(18(14-23)17-8-4-6-10-22(17)25)21-12-11-16-7-3-5-9-20(16)24-21/h1-16,22H,17-18H2;1-15,17,22H,18H2;2-16,25,27H,1H3;4-13,16,19H,2-3,14H2,1H3;2-12,15,18H,1,13H2. The number of nitrogens with zero attached hydrogens (tertiary/aromatic N) is 15. The molecule has 5 unspecified atom stereocenters. The van der Waals surface area contributed by atoms with Crippen molar-refractivity contribution >= 4 is 133 Å². The molecule has 0 aliphatic carbocycles. The fraction of sp³-hybridized carbons (Fsp3) is 0.112. The van der Waals surface area contributed by atoms with Crippen LogP contribution in [0.5, 0.6) is 0 Å². The maximum Gasteiger partial charge on any atom is 0.214 e. The second-order valence-corrected chi connectivity index (χ2v) is 35.9. The molecule has 5 atom stereocenters. The molecule has 0 spiro atoms. The van der Waals surface area contributed by atoms with Crippen LogP contribution in [0.15, 0.2) is 432 Å². The first-order chi connectivity index (χ1) is 71.3. The Morgan fingerprint density at radius 2 is 0.703 bits per heavy atom. The number of nitrogens with one attached hydrogen (secondary N) is 1. The number of fused-ring (bicyclic) bond motifs is 11. The van der Waals surface area contributed by atoms with Gasteiger partial charge in [0.15, 0.2) is 11.6 Å². The molecule has 19 aromatic rings. The van der Waals surface area contributed by atoms with E-state index in [2.05, 4.69) is 168 Å². The Morgan fingerprint density at radius 3 is 1.12 bits per heavy atom. The molecule has 0 saturated carbocycles. The quantitative estimate of drug-likeness (QED) is 0.0341. The van der Waals surface area contributed by atoms with Crippen LogP contribution in [0.4, 0.5) is 28.4 Å². The largest absolute Gasteiger partial charge is 0.361 e. The summed E-state index contributed by atoms with van der Waals surface area (Å²) in [6.45, 7) is 7.75. The van der Waals surface area contributed by atoms with Crippen LogP contribution < -0.4 is 24.9 Å². The number of imidazole rings is 1. The number of aromatic nitrogens is 7. The lowest BCUT2D eigenvalue weighted by Crippen LogP contribution is -2.31. The van der Waals surface area contributed by atoms with Crippen molar-refractivity contribution in [3.05, 3.63) is 515 Å². The molecule has 24 rings (SSSR count). The fourth-order valence-corrected chi connectivity index (χ4v) is 19.8. The zero-order valence-corrected chi connectivity index (χ0v) is 79.8. The summed E-state index contributed by atoms with van der Waals surface area (Å²) in [5, 5.41) is 50.3. The second kappa shape index (κ2) is 42.8. The summed E-state index contributed by atoms with van der Waals surface area (Å²) in [5.41, 5.74) is 26.7. The van der Waals surface area contributed by atoms with Gasteiger partial charge >= 0.3 is 0 Å². The molecule has 11 heterocycles. The van der Waals surface area contributed by atoms with Gasteiger partial charge in [0.05, 0.1) is 110 Å². The summed E-state index contributed by atoms with van der Waals surface area (Å²) in [5.74, 6) is -0.530. The van der Waals surface area contributed by atoms with Crippen molar-refractivity contribution in [1.29, 1.82) is 15.8 Å². The van der Waals surface area contributed by atoms with Gasteiger partial charge in [0.25, 0.3) is 0 Å². The van der Waals surface area contributed by atoms with E-state index in [1.807, 2.05) is 314 Å². The van der Waals surface area contributed by atoms with Crippen molar-refractivity contribution in [2.45, 2.75) is 49.4 Å². The van der Waals surface area contributed by atoms with Gasteiger partial charge in [-0.25, -0.2) is 29.9 Å². The maximum absolute atomic E-state index is 13.0. The average molecular weight is 1890 g/mol. The minimum atomic E-state index is -0.465. The molecule has 1 N–H and O–H groups in total. The van der Waals surface area contributed by atoms with Crippen LogP contribution in [0.2, 0.25) is 0 Å². The molecule has 145 heavy (non-hydrogen) atoms. The number of carbonyl (C=O) groups is 2. The van der Waals surface area contributed by atoms with Crippen molar-refractivity contribution in [1.82, 2.24) is 34.5 Å². The van der Waals surface area contributed by atoms with Crippen molar-refractivity contribution in [3.8, 4) is 18.2 Å². The van der Waals surface area contributed by atoms with E-state index in [-0.39, 0.29) is 53.9 Å². The first-order valence-electron chi connectivity index (χ1n) is 48.4. The maximum atomic E-state index is 13.0. The topological polar surface area (TPSA) is 256 Å². The number of ketones is 2. The smallest absolute Gasteiger partial charge is 0.214 e. The number of unbranched alkanes of at least 4 members (excludes halogenated alkanes) is 1. The number of rotatable bonds is 19. The number of benzene rings is 13. The van der Waals surface area contributed by atoms with E-state index < -0.39 is 11.8 Å². The van der Waals surface area contributed by atoms with E-state index >= 15 is 0 Å². The SMILES string of the molecule is C=CCN1C=C(c2ccc3ccccc3n2)C(C#N)c2ccccc21.CCCCN1C=C(c2ccc3ccccc3n2)C(C#N)c2ccccc21.Cn1c(C2C(c3ccc4ccccc4n3)=CNc3ccccc32)nc2ccccc21.N#CC1C(c2ccc3ccccc3n2)=CN(CC(=O)c2ccccc2)c2ccccc21.O=C(CN1C=C(c2ccc3ccccc3n2)C(C[N+](=O)[O-])c2ccccc21)c1ccccc1. The third-order valence-electron chi connectivity index (χ3n) is 26.9. The summed E-state index contributed by atoms with van der Waals surface area (Å²) in [4.78, 5) is 74.7. The molecular formula is C125H98N16O4. The van der Waals surface area contributed by atoms with E-state index in [1.54, 1.807) is 12.1 Å². The summed E-state index contributed by atoms with van der Waals surface area (Å²) >= 11 is 0. The van der Waals surface area contributed by atoms with Gasteiger partial charge in [-0.3, -0.25) is 19.7 Å². The second-order valence-electron chi connectivity index (χ2n) is 35.9. The average Bonchev–Trinajstić information content (AvgIpc) is 1.15. The Labute approximate surface area is 840 Å². The van der Waals surface area contributed by atoms with Crippen LogP contribution in [0.3, 0.4) is 0 Å². The summed E-state index contributed by atoms with van der Waals surface area (Å²) in [6.07, 6.45) is 14.1. The number of allylic oxidation sites excluding steroid dienone is 4. The number of nitro groups is 1. The van der Waals surface area contributed by atoms with E-state index in [0.717, 1.165) is 192 Å². The number of para-hydroxylation sites is 12. The molecule has 0 amide bonds. The van der Waals surface area contributed by atoms with E-state index in [9.17, 15) is 35.5 Å². The number of Topliss-reactive ketones (excluding diaryl/α,β-unsaturated/α-hetero) is 2. The normalized spacial score (nSPS) is 15.6. The van der Waals surface area contributed by atoms with Crippen LogP contribution in [0.1, 0.15) is 132 Å². The van der Waals surface area contributed by atoms with E-state index in [4.69, 9.17) is 29.9 Å². The van der Waals surface area contributed by atoms with Crippen LogP contribution in [-0.4, -0.2) is 83.7 Å². The van der Waals surface area contributed by atoms with Crippen molar-refractivity contribution < 1.29 is 14.5 Å². The van der Waals surface area contributed by atoms with Crippen LogP contribution in [0, 0.1) is 44.1 Å². The van der Waals surface area contributed by atoms with Gasteiger partial charge in [-0.2, -0.15) is 15.8 Å². The minimum absolute atomic E-state index is 0.00601. The third-order valence-corrected chi connectivity index (χ3v) is 26.9. The Balaban J connectivity index is 0.000000111. The molecule has 5 aliphatic rings. The van der Waals surface area contributed by atoms with E-state index in [1.165, 1.54) is 5.56 Å². The summed E-state index contributed by atoms with van der Waals surface area (Å²) in [6, 6.07) is 134. The highest BCUT2D eigenvalue weighted by Gasteiger charge is 2.37. The molecule has 0 saturated heterocycles. The number of pyridine rings is 5. The van der Waals surface area contributed by atoms with Gasteiger partial charge in [0, 0.05) is 150 Å². The highest BCUT2D eigenvalue weighted by Crippen LogP contribution is 2.49. The van der Waals surface area contributed by atoms with Crippen LogP contribution >= 0.6 is 0 Å². The Hall–Kier alpha value is -19.0. The Bertz CT molecular complexity index is 8500. The van der Waals surface area contributed by atoms with Crippen molar-refractivity contribution in [2.75, 3.05) is 57.6 Å². The zero-order chi connectivity index (χ0) is 99.2. The first-order valence-corrected chi connectivity index (χ1v) is 48.4. The van der Waals surface area contributed by atoms with Gasteiger partial charge in [0.2, 0.25) is 6.54 Å². The predicted octanol–water partition coefficient (Wildman–Crippen LogP) is 27.0. The van der Waals surface area contributed by atoms with Gasteiger partial charge in [0.1, 0.15) is 23.6 Å². The molecule has 5 aliphatic heterocycles. The van der Waals surface area contributed by atoms with Crippen LogP contribution in [0.25, 0.3) is 93.4 Å². The summed E-state index contributed by atoms with van der Waals surface area (Å²) < 4.78 is 2.21. The first kappa shape index (κ1) is 93.7. The van der Waals surface area contributed by atoms with E-state index in [0.29, 0.717) is 23.4 Å². The predicted molar refractivity (Wildman–Crippen MR) is 583 cm³/mol. The molecule has 6 aromatic heterocycles. The lowest BCUT2D eigenvalue weighted by atomic mass is 9.85. The molecule has 702 valence electrons. The molecule has 20 heteroatoms. The molecule has 0 radical (unpaired) electrons. The minimum Gasteiger partial charge on any atom is -0.361 e. The van der Waals surface area contributed by atoms with Gasteiger partial charge in [-0.05, 0) is 137 Å². The zero-order valence-electron chi connectivity index (χ0n) is 79.8. The Kier molecular flexibility index (Phi) is 27.6. The van der Waals surface area contributed by atoms with Gasteiger partial charge in [-0.1, -0.05) is 305 Å². The molecule has 20 nitrogen and oxygen atoms in total.